The molecule has 0 heterocycles. The van der Waals surface area contributed by atoms with Crippen LogP contribution >= 0.6 is 28.1 Å². The van der Waals surface area contributed by atoms with E-state index in [2.05, 4.69) is 20.8 Å². The molecule has 0 fully saturated rings. The van der Waals surface area contributed by atoms with Crippen molar-refractivity contribution in [2.75, 3.05) is 45.4 Å². The number of rotatable bonds is 9. The van der Waals surface area contributed by atoms with Gasteiger partial charge in [-0.15, -0.1) is 0 Å². The monoisotopic (exact) mass is 360 g/mol. The molecule has 0 aliphatic heterocycles. The summed E-state index contributed by atoms with van der Waals surface area (Å²) in [4.78, 5) is 2.61. The molecule has 1 aromatic carbocycles. The Morgan fingerprint density at radius 2 is 1.95 bits per heavy atom. The first-order valence-corrected chi connectivity index (χ1v) is 7.63. The van der Waals surface area contributed by atoms with Gasteiger partial charge in [0, 0.05) is 49.6 Å². The molecule has 20 heavy (non-hydrogen) atoms. The summed E-state index contributed by atoms with van der Waals surface area (Å²) >= 11 is 8.69. The summed E-state index contributed by atoms with van der Waals surface area (Å²) in [6.45, 7) is 3.02. The Morgan fingerprint density at radius 3 is 2.55 bits per heavy atom. The second-order valence-corrected chi connectivity index (χ2v) is 5.62. The summed E-state index contributed by atoms with van der Waals surface area (Å²) in [7, 11) is 3.40. The minimum atomic E-state index is 0.390. The highest BCUT2D eigenvalue weighted by molar-refractivity contribution is 9.10. The summed E-state index contributed by atoms with van der Waals surface area (Å²) in [5, 5.41) is 0. The number of benzene rings is 1. The predicted octanol–water partition coefficient (Wildman–Crippen LogP) is 2.57. The van der Waals surface area contributed by atoms with E-state index >= 15 is 0 Å². The van der Waals surface area contributed by atoms with Crippen LogP contribution in [0.15, 0.2) is 22.7 Å². The first-order valence-electron chi connectivity index (χ1n) is 6.43. The molecule has 0 aliphatic rings. The third kappa shape index (κ3) is 5.01. The minimum Gasteiger partial charge on any atom is -0.389 e. The van der Waals surface area contributed by atoms with Crippen molar-refractivity contribution >= 4 is 38.8 Å². The van der Waals surface area contributed by atoms with Crippen molar-refractivity contribution in [3.8, 4) is 0 Å². The highest BCUT2D eigenvalue weighted by Crippen LogP contribution is 2.28. The SMILES string of the molecule is COCCCN(CCOC)c1cccc(Br)c1C(N)=S. The fourth-order valence-corrected chi connectivity index (χ4v) is 2.89. The number of thiocarbonyl (C=S) groups is 1. The maximum Gasteiger partial charge on any atom is 0.107 e. The molecule has 1 rings (SSSR count). The molecular formula is C14H21BrN2O2S. The number of methoxy groups -OCH3 is 2. The molecule has 112 valence electrons. The molecule has 0 unspecified atom stereocenters. The Kier molecular flexibility index (Phi) is 8.06. The predicted molar refractivity (Wildman–Crippen MR) is 90.6 cm³/mol. The lowest BCUT2D eigenvalue weighted by atomic mass is 10.1. The molecule has 4 nitrogen and oxygen atoms in total. The zero-order valence-corrected chi connectivity index (χ0v) is 14.3. The van der Waals surface area contributed by atoms with Crippen LogP contribution in [-0.4, -0.2) is 45.5 Å². The molecule has 0 saturated carbocycles. The molecule has 2 N–H and O–H groups in total. The van der Waals surface area contributed by atoms with Gasteiger partial charge in [-0.1, -0.05) is 18.3 Å². The van der Waals surface area contributed by atoms with E-state index in [0.717, 1.165) is 41.8 Å². The molecule has 0 aromatic heterocycles. The first kappa shape index (κ1) is 17.4. The van der Waals surface area contributed by atoms with Gasteiger partial charge < -0.3 is 20.1 Å². The second kappa shape index (κ2) is 9.28. The Bertz CT molecular complexity index is 443. The van der Waals surface area contributed by atoms with Gasteiger partial charge in [-0.3, -0.25) is 0 Å². The summed E-state index contributed by atoms with van der Waals surface area (Å²) in [5.74, 6) is 0. The zero-order valence-electron chi connectivity index (χ0n) is 11.9. The summed E-state index contributed by atoms with van der Waals surface area (Å²) in [5.41, 5.74) is 7.75. The van der Waals surface area contributed by atoms with Crippen molar-refractivity contribution in [2.24, 2.45) is 5.73 Å². The number of anilines is 1. The molecule has 0 saturated heterocycles. The van der Waals surface area contributed by atoms with Crippen molar-refractivity contribution in [3.63, 3.8) is 0 Å². The van der Waals surface area contributed by atoms with Crippen LogP contribution in [0.1, 0.15) is 12.0 Å². The Morgan fingerprint density at radius 1 is 1.25 bits per heavy atom. The van der Waals surface area contributed by atoms with E-state index in [4.69, 9.17) is 27.4 Å². The maximum absolute atomic E-state index is 5.86. The molecule has 0 spiro atoms. The average Bonchev–Trinajstić information content (AvgIpc) is 2.42. The van der Waals surface area contributed by atoms with E-state index in [1.54, 1.807) is 14.2 Å². The largest absolute Gasteiger partial charge is 0.389 e. The summed E-state index contributed by atoms with van der Waals surface area (Å²) < 4.78 is 11.2. The molecule has 0 radical (unpaired) electrons. The highest BCUT2D eigenvalue weighted by atomic mass is 79.9. The average molecular weight is 361 g/mol. The Balaban J connectivity index is 2.99. The lowest BCUT2D eigenvalue weighted by molar-refractivity contribution is 0.191. The molecule has 0 bridgehead atoms. The van der Waals surface area contributed by atoms with Gasteiger partial charge in [-0.2, -0.15) is 0 Å². The van der Waals surface area contributed by atoms with Gasteiger partial charge in [-0.05, 0) is 34.5 Å². The normalized spacial score (nSPS) is 10.6. The van der Waals surface area contributed by atoms with Crippen LogP contribution in [0.4, 0.5) is 5.69 Å². The lowest BCUT2D eigenvalue weighted by Gasteiger charge is -2.27. The fourth-order valence-electron chi connectivity index (χ4n) is 1.97. The van der Waals surface area contributed by atoms with E-state index in [0.29, 0.717) is 11.6 Å². The molecule has 6 heteroatoms. The smallest absolute Gasteiger partial charge is 0.107 e. The van der Waals surface area contributed by atoms with Gasteiger partial charge in [0.2, 0.25) is 0 Å². The van der Waals surface area contributed by atoms with Gasteiger partial charge in [0.25, 0.3) is 0 Å². The number of hydrogen-bond acceptors (Lipinski definition) is 4. The molecule has 0 aliphatic carbocycles. The van der Waals surface area contributed by atoms with Crippen LogP contribution < -0.4 is 10.6 Å². The van der Waals surface area contributed by atoms with Gasteiger partial charge >= 0.3 is 0 Å². The zero-order chi connectivity index (χ0) is 15.0. The molecular weight excluding hydrogens is 340 g/mol. The first-order chi connectivity index (χ1) is 9.61. The van der Waals surface area contributed by atoms with Crippen molar-refractivity contribution in [1.82, 2.24) is 0 Å². The maximum atomic E-state index is 5.86. The van der Waals surface area contributed by atoms with E-state index < -0.39 is 0 Å². The minimum absolute atomic E-state index is 0.390. The van der Waals surface area contributed by atoms with Crippen molar-refractivity contribution in [2.45, 2.75) is 6.42 Å². The molecule has 0 atom stereocenters. The van der Waals surface area contributed by atoms with Gasteiger partial charge in [0.1, 0.15) is 4.99 Å². The number of nitrogens with two attached hydrogens (primary N) is 1. The van der Waals surface area contributed by atoms with Crippen molar-refractivity contribution in [1.29, 1.82) is 0 Å². The standard InChI is InChI=1S/C14H21BrN2O2S/c1-18-9-4-7-17(8-10-19-2)12-6-3-5-11(15)13(12)14(16)20/h3,5-6H,4,7-10H2,1-2H3,(H2,16,20). The van der Waals surface area contributed by atoms with Crippen molar-refractivity contribution in [3.05, 3.63) is 28.2 Å². The van der Waals surface area contributed by atoms with Crippen LogP contribution in [0.3, 0.4) is 0 Å². The second-order valence-electron chi connectivity index (χ2n) is 4.32. The summed E-state index contributed by atoms with van der Waals surface area (Å²) in [6, 6.07) is 5.96. The number of hydrogen-bond donors (Lipinski definition) is 1. The third-order valence-electron chi connectivity index (χ3n) is 2.92. The van der Waals surface area contributed by atoms with Crippen LogP contribution in [0.5, 0.6) is 0 Å². The Hall–Kier alpha value is -0.690. The number of nitrogens with zero attached hydrogens (tertiary/aromatic N) is 1. The van der Waals surface area contributed by atoms with Crippen LogP contribution in [-0.2, 0) is 9.47 Å². The Labute approximate surface area is 134 Å². The van der Waals surface area contributed by atoms with E-state index in [1.165, 1.54) is 0 Å². The van der Waals surface area contributed by atoms with Crippen LogP contribution in [0, 0.1) is 0 Å². The van der Waals surface area contributed by atoms with Crippen LogP contribution in [0.2, 0.25) is 0 Å². The molecule has 0 amide bonds. The van der Waals surface area contributed by atoms with Gasteiger partial charge in [0.15, 0.2) is 0 Å². The topological polar surface area (TPSA) is 47.7 Å². The van der Waals surface area contributed by atoms with Gasteiger partial charge in [0.05, 0.1) is 6.61 Å². The summed E-state index contributed by atoms with van der Waals surface area (Å²) in [6.07, 6.45) is 0.934. The lowest BCUT2D eigenvalue weighted by Crippen LogP contribution is -2.31. The third-order valence-corrected chi connectivity index (χ3v) is 3.79. The van der Waals surface area contributed by atoms with Crippen LogP contribution in [0.25, 0.3) is 0 Å². The van der Waals surface area contributed by atoms with E-state index in [-0.39, 0.29) is 0 Å². The van der Waals surface area contributed by atoms with Gasteiger partial charge in [-0.25, -0.2) is 0 Å². The van der Waals surface area contributed by atoms with E-state index in [9.17, 15) is 0 Å². The molecule has 1 aromatic rings. The fraction of sp³-hybridized carbons (Fsp3) is 0.500. The number of halogens is 1. The number of ether oxygens (including phenoxy) is 2. The van der Waals surface area contributed by atoms with Crippen molar-refractivity contribution < 1.29 is 9.47 Å². The highest BCUT2D eigenvalue weighted by Gasteiger charge is 2.15. The quantitative estimate of drug-likeness (QED) is 0.541. The van der Waals surface area contributed by atoms with E-state index in [1.807, 2.05) is 18.2 Å².